The molecule has 0 radical (unpaired) electrons. The van der Waals surface area contributed by atoms with E-state index in [1.807, 2.05) is 0 Å². The zero-order chi connectivity index (χ0) is 18.7. The number of hydrogen-bond donors (Lipinski definition) is 2. The molecule has 0 amide bonds. The molecular formula is C14H14ClF3N4O2S. The average Bonchev–Trinajstić information content (AvgIpc) is 2.49. The number of halogens is 4. The first kappa shape index (κ1) is 19.3. The van der Waals surface area contributed by atoms with Gasteiger partial charge >= 0.3 is 6.18 Å². The van der Waals surface area contributed by atoms with E-state index in [9.17, 15) is 21.6 Å². The van der Waals surface area contributed by atoms with E-state index in [1.165, 1.54) is 18.2 Å². The van der Waals surface area contributed by atoms with E-state index in [0.29, 0.717) is 6.42 Å². The van der Waals surface area contributed by atoms with Gasteiger partial charge in [-0.1, -0.05) is 18.5 Å². The van der Waals surface area contributed by atoms with Crippen LogP contribution in [0.4, 0.5) is 30.5 Å². The fraction of sp³-hybridized carbons (Fsp3) is 0.286. The lowest BCUT2D eigenvalue weighted by molar-refractivity contribution is -0.137. The molecule has 0 atom stereocenters. The Labute approximate surface area is 147 Å². The second-order valence-electron chi connectivity index (χ2n) is 5.04. The lowest BCUT2D eigenvalue weighted by atomic mass is 10.2. The van der Waals surface area contributed by atoms with E-state index in [2.05, 4.69) is 20.2 Å². The molecule has 0 aliphatic carbocycles. The van der Waals surface area contributed by atoms with Crippen molar-refractivity contribution in [1.29, 1.82) is 0 Å². The summed E-state index contributed by atoms with van der Waals surface area (Å²) in [4.78, 5) is 0. The molecular weight excluding hydrogens is 381 g/mol. The highest BCUT2D eigenvalue weighted by Crippen LogP contribution is 2.36. The first-order valence-corrected chi connectivity index (χ1v) is 9.12. The first-order valence-electron chi connectivity index (χ1n) is 7.09. The predicted octanol–water partition coefficient (Wildman–Crippen LogP) is 4.04. The second kappa shape index (κ2) is 7.44. The number of anilines is 3. The van der Waals surface area contributed by atoms with Crippen LogP contribution in [0.3, 0.4) is 0 Å². The zero-order valence-electron chi connectivity index (χ0n) is 12.9. The summed E-state index contributed by atoms with van der Waals surface area (Å²) in [5.41, 5.74) is -0.860. The van der Waals surface area contributed by atoms with Crippen LogP contribution < -0.4 is 10.0 Å². The number of rotatable bonds is 6. The first-order chi connectivity index (χ1) is 11.6. The minimum atomic E-state index is -4.58. The average molecular weight is 395 g/mol. The fourth-order valence-electron chi connectivity index (χ4n) is 1.90. The van der Waals surface area contributed by atoms with Gasteiger partial charge in [0.2, 0.25) is 10.0 Å². The molecule has 1 aromatic carbocycles. The zero-order valence-corrected chi connectivity index (χ0v) is 14.5. The highest BCUT2D eigenvalue weighted by molar-refractivity contribution is 7.92. The maximum Gasteiger partial charge on any atom is 0.417 e. The van der Waals surface area contributed by atoms with E-state index < -0.39 is 26.8 Å². The van der Waals surface area contributed by atoms with Crippen molar-refractivity contribution in [2.24, 2.45) is 0 Å². The van der Waals surface area contributed by atoms with Crippen molar-refractivity contribution in [3.8, 4) is 0 Å². The Bertz CT molecular complexity index is 842. The Balaban J connectivity index is 2.14. The smallest absolute Gasteiger partial charge is 0.339 e. The van der Waals surface area contributed by atoms with Gasteiger partial charge in [-0.3, -0.25) is 4.72 Å². The molecule has 136 valence electrons. The quantitative estimate of drug-likeness (QED) is 0.772. The van der Waals surface area contributed by atoms with Crippen molar-refractivity contribution in [2.75, 3.05) is 15.8 Å². The van der Waals surface area contributed by atoms with E-state index >= 15 is 0 Å². The third kappa shape index (κ3) is 5.46. The van der Waals surface area contributed by atoms with Crippen molar-refractivity contribution in [1.82, 2.24) is 10.2 Å². The molecule has 11 heteroatoms. The van der Waals surface area contributed by atoms with Crippen LogP contribution in [0.2, 0.25) is 5.02 Å². The summed E-state index contributed by atoms with van der Waals surface area (Å²) < 4.78 is 64.0. The molecule has 25 heavy (non-hydrogen) atoms. The molecule has 0 saturated carbocycles. The minimum Gasteiger partial charge on any atom is -0.339 e. The lowest BCUT2D eigenvalue weighted by Gasteiger charge is -2.12. The van der Waals surface area contributed by atoms with Gasteiger partial charge in [-0.15, -0.1) is 10.2 Å². The number of nitrogens with one attached hydrogen (secondary N) is 2. The minimum absolute atomic E-state index is 0.0195. The summed E-state index contributed by atoms with van der Waals surface area (Å²) in [6, 6.07) is 6.06. The van der Waals surface area contributed by atoms with Crippen LogP contribution in [-0.2, 0) is 16.2 Å². The van der Waals surface area contributed by atoms with E-state index in [0.717, 1.165) is 12.1 Å². The van der Waals surface area contributed by atoms with Gasteiger partial charge in [-0.25, -0.2) is 8.42 Å². The SMILES string of the molecule is CCCS(=O)(=O)Nc1ccc(Nc2ccc(Cl)c(C(F)(F)F)c2)nn1. The molecule has 2 N–H and O–H groups in total. The lowest BCUT2D eigenvalue weighted by Crippen LogP contribution is -2.17. The van der Waals surface area contributed by atoms with Crippen LogP contribution in [0.15, 0.2) is 30.3 Å². The topological polar surface area (TPSA) is 84.0 Å². The Hall–Kier alpha value is -2.07. The molecule has 1 heterocycles. The van der Waals surface area contributed by atoms with Crippen molar-refractivity contribution in [3.63, 3.8) is 0 Å². The van der Waals surface area contributed by atoms with Crippen LogP contribution in [0.1, 0.15) is 18.9 Å². The third-order valence-electron chi connectivity index (χ3n) is 2.94. The van der Waals surface area contributed by atoms with Gasteiger partial charge in [0.1, 0.15) is 0 Å². The molecule has 0 aliphatic rings. The summed E-state index contributed by atoms with van der Waals surface area (Å²) in [5, 5.41) is 9.65. The van der Waals surface area contributed by atoms with Crippen LogP contribution >= 0.6 is 11.6 Å². The standard InChI is InChI=1S/C14H14ClF3N4O2S/c1-2-7-25(23,24)22-13-6-5-12(20-21-13)19-9-3-4-11(15)10(8-9)14(16,17)18/h3-6,8H,2,7H2,1H3,(H,19,20)(H,21,22). The highest BCUT2D eigenvalue weighted by atomic mass is 35.5. The van der Waals surface area contributed by atoms with Crippen molar-refractivity contribution >= 4 is 38.9 Å². The van der Waals surface area contributed by atoms with Crippen LogP contribution in [-0.4, -0.2) is 24.4 Å². The van der Waals surface area contributed by atoms with Gasteiger partial charge in [0, 0.05) is 5.69 Å². The predicted molar refractivity (Wildman–Crippen MR) is 89.5 cm³/mol. The monoisotopic (exact) mass is 394 g/mol. The number of sulfonamides is 1. The molecule has 0 bridgehead atoms. The Kier molecular flexibility index (Phi) is 5.73. The summed E-state index contributed by atoms with van der Waals surface area (Å²) in [7, 11) is -3.50. The Morgan fingerprint density at radius 2 is 1.76 bits per heavy atom. The van der Waals surface area contributed by atoms with Gasteiger partial charge in [0.05, 0.1) is 16.3 Å². The molecule has 0 aliphatic heterocycles. The molecule has 0 unspecified atom stereocenters. The van der Waals surface area contributed by atoms with Gasteiger partial charge in [-0.05, 0) is 36.8 Å². The van der Waals surface area contributed by atoms with Crippen molar-refractivity contribution in [3.05, 3.63) is 40.9 Å². The number of hydrogen-bond acceptors (Lipinski definition) is 5. The van der Waals surface area contributed by atoms with Crippen molar-refractivity contribution < 1.29 is 21.6 Å². The van der Waals surface area contributed by atoms with Gasteiger partial charge < -0.3 is 5.32 Å². The Morgan fingerprint density at radius 1 is 1.12 bits per heavy atom. The normalized spacial score (nSPS) is 12.0. The van der Waals surface area contributed by atoms with Crippen LogP contribution in [0.25, 0.3) is 0 Å². The van der Waals surface area contributed by atoms with Gasteiger partial charge in [-0.2, -0.15) is 13.2 Å². The molecule has 2 aromatic rings. The molecule has 0 fully saturated rings. The summed E-state index contributed by atoms with van der Waals surface area (Å²) in [5.74, 6) is 0.111. The summed E-state index contributed by atoms with van der Waals surface area (Å²) >= 11 is 5.55. The molecule has 2 rings (SSSR count). The molecule has 0 saturated heterocycles. The molecule has 1 aromatic heterocycles. The fourth-order valence-corrected chi connectivity index (χ4v) is 3.19. The summed E-state index contributed by atoms with van der Waals surface area (Å²) in [6.45, 7) is 1.72. The largest absolute Gasteiger partial charge is 0.417 e. The maximum absolute atomic E-state index is 12.8. The highest BCUT2D eigenvalue weighted by Gasteiger charge is 2.33. The van der Waals surface area contributed by atoms with Gasteiger partial charge in [0.15, 0.2) is 11.6 Å². The van der Waals surface area contributed by atoms with E-state index in [4.69, 9.17) is 11.6 Å². The second-order valence-corrected chi connectivity index (χ2v) is 7.29. The van der Waals surface area contributed by atoms with Crippen LogP contribution in [0.5, 0.6) is 0 Å². The van der Waals surface area contributed by atoms with Gasteiger partial charge in [0.25, 0.3) is 0 Å². The number of aromatic nitrogens is 2. The number of nitrogens with zero attached hydrogens (tertiary/aromatic N) is 2. The Morgan fingerprint density at radius 3 is 2.32 bits per heavy atom. The third-order valence-corrected chi connectivity index (χ3v) is 4.74. The summed E-state index contributed by atoms with van der Waals surface area (Å²) in [6.07, 6.45) is -4.14. The molecule has 0 spiro atoms. The number of benzene rings is 1. The number of alkyl halides is 3. The molecule has 6 nitrogen and oxygen atoms in total. The van der Waals surface area contributed by atoms with E-state index in [-0.39, 0.29) is 23.1 Å². The van der Waals surface area contributed by atoms with E-state index in [1.54, 1.807) is 6.92 Å². The maximum atomic E-state index is 12.8. The van der Waals surface area contributed by atoms with Crippen molar-refractivity contribution in [2.45, 2.75) is 19.5 Å². The van der Waals surface area contributed by atoms with Crippen LogP contribution in [0, 0.1) is 0 Å².